The summed E-state index contributed by atoms with van der Waals surface area (Å²) in [6.07, 6.45) is 14.3. The Morgan fingerprint density at radius 2 is 2.25 bits per heavy atom. The lowest BCUT2D eigenvalue weighted by molar-refractivity contribution is 0.0126. The fourth-order valence-electron chi connectivity index (χ4n) is 3.74. The molecule has 2 aliphatic rings. The Morgan fingerprint density at radius 1 is 1.50 bits per heavy atom. The van der Waals surface area contributed by atoms with Crippen LogP contribution in [-0.2, 0) is 9.47 Å². The largest absolute Gasteiger partial charge is 0.379 e. The van der Waals surface area contributed by atoms with Crippen molar-refractivity contribution >= 4 is 0 Å². The van der Waals surface area contributed by atoms with Gasteiger partial charge in [-0.2, -0.15) is 0 Å². The van der Waals surface area contributed by atoms with Crippen LogP contribution in [0.5, 0.6) is 0 Å². The van der Waals surface area contributed by atoms with Crippen molar-refractivity contribution in [1.29, 1.82) is 0 Å². The van der Waals surface area contributed by atoms with E-state index < -0.39 is 0 Å². The molecule has 4 atom stereocenters. The average Bonchev–Trinajstić information content (AvgIpc) is 2.93. The summed E-state index contributed by atoms with van der Waals surface area (Å²) in [5, 5.41) is 0. The minimum absolute atomic E-state index is 0.0268. The minimum atomic E-state index is 0.0268. The van der Waals surface area contributed by atoms with Crippen LogP contribution in [0.4, 0.5) is 0 Å². The van der Waals surface area contributed by atoms with E-state index in [1.807, 2.05) is 0 Å². The van der Waals surface area contributed by atoms with Gasteiger partial charge in [-0.25, -0.2) is 0 Å². The molecule has 2 heteroatoms. The molecule has 0 radical (unpaired) electrons. The molecule has 0 N–H and O–H groups in total. The lowest BCUT2D eigenvalue weighted by atomic mass is 9.88. The Labute approximate surface area is 124 Å². The molecule has 2 rings (SSSR count). The number of rotatable bonds is 7. The van der Waals surface area contributed by atoms with Crippen LogP contribution < -0.4 is 0 Å². The van der Waals surface area contributed by atoms with E-state index in [-0.39, 0.29) is 17.3 Å². The van der Waals surface area contributed by atoms with Crippen molar-refractivity contribution in [3.8, 4) is 12.3 Å². The van der Waals surface area contributed by atoms with Crippen molar-refractivity contribution < 1.29 is 9.47 Å². The highest BCUT2D eigenvalue weighted by Gasteiger charge is 2.59. The number of methoxy groups -OCH3 is 1. The predicted molar refractivity (Wildman–Crippen MR) is 82.5 cm³/mol. The lowest BCUT2D eigenvalue weighted by Crippen LogP contribution is -2.22. The second-order valence-corrected chi connectivity index (χ2v) is 7.54. The number of hydrogen-bond donors (Lipinski definition) is 0. The second-order valence-electron chi connectivity index (χ2n) is 7.54. The normalized spacial score (nSPS) is 34.1. The molecule has 0 aromatic carbocycles. The molecule has 1 aliphatic carbocycles. The zero-order chi connectivity index (χ0) is 14.8. The molecule has 20 heavy (non-hydrogen) atoms. The van der Waals surface area contributed by atoms with Crippen LogP contribution in [0.25, 0.3) is 0 Å². The van der Waals surface area contributed by atoms with Gasteiger partial charge in [-0.1, -0.05) is 25.7 Å². The number of ether oxygens (including phenoxy) is 2. The highest BCUT2D eigenvalue weighted by atomic mass is 16.6. The molecule has 3 unspecified atom stereocenters. The van der Waals surface area contributed by atoms with E-state index in [9.17, 15) is 0 Å². The summed E-state index contributed by atoms with van der Waals surface area (Å²) in [6.45, 7) is 6.72. The average molecular weight is 278 g/mol. The van der Waals surface area contributed by atoms with E-state index in [1.165, 1.54) is 38.5 Å². The maximum Gasteiger partial charge on any atom is 0.147 e. The molecule has 114 valence electrons. The van der Waals surface area contributed by atoms with Crippen molar-refractivity contribution in [2.45, 2.75) is 83.0 Å². The van der Waals surface area contributed by atoms with Crippen LogP contribution in [0.1, 0.15) is 65.7 Å². The molecule has 1 heterocycles. The zero-order valence-electron chi connectivity index (χ0n) is 13.6. The summed E-state index contributed by atoms with van der Waals surface area (Å²) >= 11 is 0. The zero-order valence-corrected chi connectivity index (χ0v) is 13.6. The van der Waals surface area contributed by atoms with Gasteiger partial charge in [-0.05, 0) is 57.8 Å². The van der Waals surface area contributed by atoms with Gasteiger partial charge in [0.1, 0.15) is 11.7 Å². The topological polar surface area (TPSA) is 21.8 Å². The fraction of sp³-hybridized carbons (Fsp3) is 0.889. The van der Waals surface area contributed by atoms with Gasteiger partial charge in [0.2, 0.25) is 0 Å². The molecule has 1 saturated heterocycles. The van der Waals surface area contributed by atoms with E-state index in [2.05, 4.69) is 26.7 Å². The first-order chi connectivity index (χ1) is 9.41. The van der Waals surface area contributed by atoms with E-state index in [4.69, 9.17) is 15.9 Å². The van der Waals surface area contributed by atoms with E-state index in [0.717, 1.165) is 18.3 Å². The molecule has 2 fully saturated rings. The van der Waals surface area contributed by atoms with Crippen LogP contribution in [-0.4, -0.2) is 24.4 Å². The molecule has 0 aromatic heterocycles. The van der Waals surface area contributed by atoms with Crippen molar-refractivity contribution in [3.05, 3.63) is 0 Å². The van der Waals surface area contributed by atoms with E-state index in [0.29, 0.717) is 0 Å². The first-order valence-electron chi connectivity index (χ1n) is 8.10. The molecule has 1 spiro atoms. The summed E-state index contributed by atoms with van der Waals surface area (Å²) in [5.74, 6) is 4.38. The Morgan fingerprint density at radius 3 is 2.85 bits per heavy atom. The quantitative estimate of drug-likeness (QED) is 0.515. The summed E-state index contributed by atoms with van der Waals surface area (Å²) in [6, 6.07) is 0. The predicted octanol–water partition coefficient (Wildman–Crippen LogP) is 4.18. The van der Waals surface area contributed by atoms with Gasteiger partial charge in [0.15, 0.2) is 0 Å². The fourth-order valence-corrected chi connectivity index (χ4v) is 3.74. The number of terminal acetylenes is 1. The maximum atomic E-state index is 5.71. The minimum Gasteiger partial charge on any atom is -0.379 e. The van der Waals surface area contributed by atoms with E-state index >= 15 is 0 Å². The van der Waals surface area contributed by atoms with Crippen LogP contribution in [0.15, 0.2) is 0 Å². The van der Waals surface area contributed by atoms with Crippen LogP contribution in [0.3, 0.4) is 0 Å². The number of hydrogen-bond acceptors (Lipinski definition) is 2. The Balaban J connectivity index is 1.64. The van der Waals surface area contributed by atoms with Crippen molar-refractivity contribution in [2.24, 2.45) is 11.8 Å². The van der Waals surface area contributed by atoms with Gasteiger partial charge in [0.05, 0.1) is 5.60 Å². The summed E-state index contributed by atoms with van der Waals surface area (Å²) in [7, 11) is 1.80. The highest BCUT2D eigenvalue weighted by molar-refractivity contribution is 5.20. The van der Waals surface area contributed by atoms with Gasteiger partial charge in [-0.15, -0.1) is 6.42 Å². The molecular formula is C18H30O2. The van der Waals surface area contributed by atoms with Gasteiger partial charge in [0, 0.05) is 7.11 Å². The van der Waals surface area contributed by atoms with Crippen LogP contribution >= 0.6 is 0 Å². The van der Waals surface area contributed by atoms with Gasteiger partial charge < -0.3 is 9.47 Å². The maximum absolute atomic E-state index is 5.71. The molecule has 0 amide bonds. The Hall–Kier alpha value is -0.520. The van der Waals surface area contributed by atoms with Crippen molar-refractivity contribution in [1.82, 2.24) is 0 Å². The molecule has 0 bridgehead atoms. The second kappa shape index (κ2) is 6.08. The first-order valence-corrected chi connectivity index (χ1v) is 8.10. The summed E-state index contributed by atoms with van der Waals surface area (Å²) in [4.78, 5) is 0. The molecular weight excluding hydrogens is 248 g/mol. The van der Waals surface area contributed by atoms with Gasteiger partial charge in [0.25, 0.3) is 0 Å². The summed E-state index contributed by atoms with van der Waals surface area (Å²) < 4.78 is 11.2. The molecule has 2 nitrogen and oxygen atoms in total. The van der Waals surface area contributed by atoms with E-state index in [1.54, 1.807) is 7.11 Å². The Bertz CT molecular complexity index is 368. The third kappa shape index (κ3) is 3.77. The number of epoxide rings is 1. The smallest absolute Gasteiger partial charge is 0.147 e. The third-order valence-electron chi connectivity index (χ3n) is 5.30. The van der Waals surface area contributed by atoms with Crippen LogP contribution in [0, 0.1) is 24.2 Å². The molecule has 1 aliphatic heterocycles. The molecule has 1 saturated carbocycles. The lowest BCUT2D eigenvalue weighted by Gasteiger charge is -2.24. The standard InChI is InChI=1S/C18H30O2/c1-6-16-18(20-16)11-9-15(13-18)12-14(2)8-7-10-17(3,4)19-5/h1,14-16H,7-13H2,2-5H3/t14?,15?,16?,18-/m0/s1. The van der Waals surface area contributed by atoms with Crippen molar-refractivity contribution in [2.75, 3.05) is 7.11 Å². The summed E-state index contributed by atoms with van der Waals surface area (Å²) in [5.41, 5.74) is 0.121. The van der Waals surface area contributed by atoms with Gasteiger partial charge >= 0.3 is 0 Å². The Kier molecular flexibility index (Phi) is 4.82. The third-order valence-corrected chi connectivity index (χ3v) is 5.30. The monoisotopic (exact) mass is 278 g/mol. The SMILES string of the molecule is C#CC1O[C@]12CCC(CC(C)CCCC(C)(C)OC)C2. The van der Waals surface area contributed by atoms with Crippen LogP contribution in [0.2, 0.25) is 0 Å². The van der Waals surface area contributed by atoms with Crippen molar-refractivity contribution in [3.63, 3.8) is 0 Å². The molecule has 0 aromatic rings. The highest BCUT2D eigenvalue weighted by Crippen LogP contribution is 2.53. The first kappa shape index (κ1) is 15.9. The van der Waals surface area contributed by atoms with Gasteiger partial charge in [-0.3, -0.25) is 0 Å².